The van der Waals surface area contributed by atoms with Gasteiger partial charge in [0.05, 0.1) is 0 Å². The van der Waals surface area contributed by atoms with E-state index in [-0.39, 0.29) is 17.0 Å². The zero-order valence-electron chi connectivity index (χ0n) is 9.77. The van der Waals surface area contributed by atoms with Gasteiger partial charge in [-0.3, -0.25) is 0 Å². The minimum Gasteiger partial charge on any atom is -0.477 e. The third-order valence-corrected chi connectivity index (χ3v) is 2.90. The molecule has 1 aliphatic heterocycles. The minimum absolute atomic E-state index is 0.110. The van der Waals surface area contributed by atoms with Crippen LogP contribution in [0, 0.1) is 0 Å². The van der Waals surface area contributed by atoms with Crippen molar-refractivity contribution in [2.45, 2.75) is 25.4 Å². The molecule has 1 aromatic heterocycles. The van der Waals surface area contributed by atoms with E-state index in [1.807, 2.05) is 6.92 Å². The summed E-state index contributed by atoms with van der Waals surface area (Å²) in [6.45, 7) is 3.66. The molecular weight excluding hydrogens is 220 g/mol. The van der Waals surface area contributed by atoms with Gasteiger partial charge >= 0.3 is 5.97 Å². The Hall–Kier alpha value is -1.62. The molecule has 2 rings (SSSR count). The molecule has 1 fully saturated rings. The van der Waals surface area contributed by atoms with Crippen LogP contribution in [-0.2, 0) is 0 Å². The Labute approximate surface area is 99.8 Å². The molecule has 0 aliphatic carbocycles. The maximum atomic E-state index is 11.0. The van der Waals surface area contributed by atoms with Crippen LogP contribution in [0.5, 0.6) is 5.88 Å². The van der Waals surface area contributed by atoms with E-state index in [2.05, 4.69) is 10.3 Å². The summed E-state index contributed by atoms with van der Waals surface area (Å²) in [5, 5.41) is 12.3. The number of nitrogens with one attached hydrogen (secondary N) is 1. The van der Waals surface area contributed by atoms with Gasteiger partial charge in [0.2, 0.25) is 5.88 Å². The molecule has 0 amide bonds. The summed E-state index contributed by atoms with van der Waals surface area (Å²) in [6.07, 6.45) is 3.46. The molecule has 0 saturated carbocycles. The summed E-state index contributed by atoms with van der Waals surface area (Å²) >= 11 is 0. The molecule has 5 nitrogen and oxygen atoms in total. The standard InChI is InChI=1S/C12H16N2O3/c1-12(5-3-6-13-8-12)17-10-9(11(15)16)4-2-7-14-10/h2,4,7,13H,3,5-6,8H2,1H3,(H,15,16). The molecule has 1 aliphatic rings. The van der Waals surface area contributed by atoms with Crippen molar-refractivity contribution in [2.24, 2.45) is 0 Å². The van der Waals surface area contributed by atoms with Gasteiger partial charge in [-0.15, -0.1) is 0 Å². The van der Waals surface area contributed by atoms with Gasteiger partial charge in [-0.05, 0) is 38.4 Å². The van der Waals surface area contributed by atoms with Crippen LogP contribution >= 0.6 is 0 Å². The summed E-state index contributed by atoms with van der Waals surface area (Å²) in [4.78, 5) is 15.0. The van der Waals surface area contributed by atoms with E-state index in [4.69, 9.17) is 9.84 Å². The van der Waals surface area contributed by atoms with Gasteiger partial charge < -0.3 is 15.2 Å². The smallest absolute Gasteiger partial charge is 0.341 e. The number of hydrogen-bond donors (Lipinski definition) is 2. The van der Waals surface area contributed by atoms with E-state index in [9.17, 15) is 4.79 Å². The van der Waals surface area contributed by atoms with Crippen LogP contribution in [-0.4, -0.2) is 34.8 Å². The number of carboxylic acid groups (broad SMARTS) is 1. The van der Waals surface area contributed by atoms with Crippen LogP contribution in [0.3, 0.4) is 0 Å². The largest absolute Gasteiger partial charge is 0.477 e. The van der Waals surface area contributed by atoms with Crippen molar-refractivity contribution < 1.29 is 14.6 Å². The van der Waals surface area contributed by atoms with Gasteiger partial charge in [0.15, 0.2) is 0 Å². The Balaban J connectivity index is 2.20. The van der Waals surface area contributed by atoms with E-state index < -0.39 is 5.97 Å². The number of piperidine rings is 1. The van der Waals surface area contributed by atoms with Crippen molar-refractivity contribution in [3.8, 4) is 5.88 Å². The van der Waals surface area contributed by atoms with Gasteiger partial charge in [0.1, 0.15) is 11.2 Å². The number of rotatable bonds is 3. The predicted octanol–water partition coefficient (Wildman–Crippen LogP) is 1.30. The van der Waals surface area contributed by atoms with Crippen molar-refractivity contribution >= 4 is 5.97 Å². The summed E-state index contributed by atoms with van der Waals surface area (Å²) in [5.41, 5.74) is -0.268. The highest BCUT2D eigenvalue weighted by molar-refractivity contribution is 5.90. The number of hydrogen-bond acceptors (Lipinski definition) is 4. The first kappa shape index (κ1) is 11.9. The Kier molecular flexibility index (Phi) is 3.28. The topological polar surface area (TPSA) is 71.5 Å². The lowest BCUT2D eigenvalue weighted by atomic mass is 9.96. The highest BCUT2D eigenvalue weighted by Crippen LogP contribution is 2.25. The monoisotopic (exact) mass is 236 g/mol. The van der Waals surface area contributed by atoms with E-state index in [0.29, 0.717) is 6.54 Å². The van der Waals surface area contributed by atoms with Crippen LogP contribution in [0.1, 0.15) is 30.1 Å². The van der Waals surface area contributed by atoms with Crippen molar-refractivity contribution in [3.05, 3.63) is 23.9 Å². The van der Waals surface area contributed by atoms with Crippen LogP contribution in [0.4, 0.5) is 0 Å². The molecule has 2 heterocycles. The van der Waals surface area contributed by atoms with Gasteiger partial charge in [0, 0.05) is 12.7 Å². The van der Waals surface area contributed by atoms with E-state index in [1.165, 1.54) is 6.07 Å². The fourth-order valence-electron chi connectivity index (χ4n) is 1.98. The minimum atomic E-state index is -1.01. The molecule has 0 bridgehead atoms. The summed E-state index contributed by atoms with van der Waals surface area (Å²) < 4.78 is 5.78. The number of nitrogens with zero attached hydrogens (tertiary/aromatic N) is 1. The summed E-state index contributed by atoms with van der Waals surface area (Å²) in [6, 6.07) is 3.10. The van der Waals surface area contributed by atoms with Gasteiger partial charge in [-0.25, -0.2) is 9.78 Å². The van der Waals surface area contributed by atoms with E-state index >= 15 is 0 Å². The zero-order chi connectivity index (χ0) is 12.3. The number of pyridine rings is 1. The average molecular weight is 236 g/mol. The molecule has 17 heavy (non-hydrogen) atoms. The quantitative estimate of drug-likeness (QED) is 0.827. The molecule has 0 aromatic carbocycles. The lowest BCUT2D eigenvalue weighted by molar-refractivity contribution is 0.0515. The number of carbonyl (C=O) groups is 1. The summed E-state index contributed by atoms with van der Waals surface area (Å²) in [5.74, 6) is -0.813. The normalized spacial score (nSPS) is 24.3. The molecule has 0 radical (unpaired) electrons. The second-order valence-corrected chi connectivity index (χ2v) is 4.49. The Morgan fingerprint density at radius 2 is 2.47 bits per heavy atom. The predicted molar refractivity (Wildman–Crippen MR) is 62.3 cm³/mol. The number of aromatic nitrogens is 1. The lowest BCUT2D eigenvalue weighted by Crippen LogP contribution is -2.47. The maximum Gasteiger partial charge on any atom is 0.341 e. The molecule has 2 N–H and O–H groups in total. The summed E-state index contributed by atoms with van der Waals surface area (Å²) in [7, 11) is 0. The molecule has 1 unspecified atom stereocenters. The molecule has 1 atom stereocenters. The van der Waals surface area contributed by atoms with Crippen molar-refractivity contribution in [1.29, 1.82) is 0 Å². The molecule has 1 aromatic rings. The van der Waals surface area contributed by atoms with Crippen LogP contribution in [0.25, 0.3) is 0 Å². The SMILES string of the molecule is CC1(Oc2ncccc2C(=O)O)CCCNC1. The first-order valence-electron chi connectivity index (χ1n) is 5.69. The van der Waals surface area contributed by atoms with Crippen LogP contribution < -0.4 is 10.1 Å². The second-order valence-electron chi connectivity index (χ2n) is 4.49. The van der Waals surface area contributed by atoms with Crippen LogP contribution in [0.2, 0.25) is 0 Å². The number of aromatic carboxylic acids is 1. The molecule has 5 heteroatoms. The number of carboxylic acids is 1. The molecule has 0 spiro atoms. The van der Waals surface area contributed by atoms with Crippen molar-refractivity contribution in [2.75, 3.05) is 13.1 Å². The van der Waals surface area contributed by atoms with Crippen molar-refractivity contribution in [1.82, 2.24) is 10.3 Å². The Bertz CT molecular complexity index is 414. The highest BCUT2D eigenvalue weighted by atomic mass is 16.5. The Morgan fingerprint density at radius 1 is 1.65 bits per heavy atom. The van der Waals surface area contributed by atoms with Gasteiger partial charge in [-0.2, -0.15) is 0 Å². The Morgan fingerprint density at radius 3 is 3.12 bits per heavy atom. The van der Waals surface area contributed by atoms with Gasteiger partial charge in [0.25, 0.3) is 0 Å². The third-order valence-electron chi connectivity index (χ3n) is 2.90. The van der Waals surface area contributed by atoms with Crippen molar-refractivity contribution in [3.63, 3.8) is 0 Å². The van der Waals surface area contributed by atoms with Gasteiger partial charge in [-0.1, -0.05) is 0 Å². The average Bonchev–Trinajstić information content (AvgIpc) is 2.29. The fourth-order valence-corrected chi connectivity index (χ4v) is 1.98. The number of ether oxygens (including phenoxy) is 1. The fraction of sp³-hybridized carbons (Fsp3) is 0.500. The highest BCUT2D eigenvalue weighted by Gasteiger charge is 2.30. The molecular formula is C12H16N2O3. The zero-order valence-corrected chi connectivity index (χ0v) is 9.77. The lowest BCUT2D eigenvalue weighted by Gasteiger charge is -2.34. The molecule has 1 saturated heterocycles. The van der Waals surface area contributed by atoms with Crippen LogP contribution in [0.15, 0.2) is 18.3 Å². The second kappa shape index (κ2) is 4.71. The molecule has 92 valence electrons. The first-order chi connectivity index (χ1) is 8.11. The van der Waals surface area contributed by atoms with E-state index in [0.717, 1.165) is 19.4 Å². The third kappa shape index (κ3) is 2.74. The maximum absolute atomic E-state index is 11.0. The van der Waals surface area contributed by atoms with E-state index in [1.54, 1.807) is 12.3 Å². The first-order valence-corrected chi connectivity index (χ1v) is 5.69.